The lowest BCUT2D eigenvalue weighted by atomic mass is 10.2. The largest absolute Gasteiger partial charge is 0.481 e. The summed E-state index contributed by atoms with van der Waals surface area (Å²) in [5, 5.41) is 27.8. The molecule has 0 atom stereocenters. The molecule has 12 nitrogen and oxygen atoms in total. The molecule has 1 aliphatic heterocycles. The molecule has 2 rings (SSSR count). The number of carboxylic acids is 1. The van der Waals surface area contributed by atoms with E-state index in [0.717, 1.165) is 6.42 Å². The van der Waals surface area contributed by atoms with Crippen LogP contribution in [-0.4, -0.2) is 34.4 Å². The van der Waals surface area contributed by atoms with Crippen LogP contribution in [0, 0.1) is 10.1 Å². The Balaban J connectivity index is 0.000000467. The first-order chi connectivity index (χ1) is 13.3. The van der Waals surface area contributed by atoms with E-state index in [2.05, 4.69) is 20.7 Å². The zero-order valence-electron chi connectivity index (χ0n) is 15.0. The van der Waals surface area contributed by atoms with E-state index >= 15 is 0 Å². The summed E-state index contributed by atoms with van der Waals surface area (Å²) >= 11 is 0. The van der Waals surface area contributed by atoms with Gasteiger partial charge in [0.2, 0.25) is 11.8 Å². The molecule has 0 aromatic heterocycles. The average molecular weight is 392 g/mol. The number of hydrogen-bond acceptors (Lipinski definition) is 7. The highest BCUT2D eigenvalue weighted by molar-refractivity contribution is 6.01. The van der Waals surface area contributed by atoms with Crippen LogP contribution in [0.3, 0.4) is 0 Å². The van der Waals surface area contributed by atoms with Gasteiger partial charge in [0, 0.05) is 42.5 Å². The van der Waals surface area contributed by atoms with Crippen LogP contribution in [0.1, 0.15) is 38.5 Å². The normalized spacial score (nSPS) is 12.3. The fraction of sp³-hybridized carbons (Fsp3) is 0.438. The molecule has 1 aliphatic rings. The Labute approximate surface area is 159 Å². The Bertz CT molecular complexity index is 776. The van der Waals surface area contributed by atoms with Crippen LogP contribution >= 0.6 is 0 Å². The third kappa shape index (κ3) is 8.63. The van der Waals surface area contributed by atoms with Gasteiger partial charge in [0.05, 0.1) is 4.92 Å². The first kappa shape index (κ1) is 22.4. The number of hydrogen-bond donors (Lipinski definition) is 3. The summed E-state index contributed by atoms with van der Waals surface area (Å²) in [6.45, 7) is 0.501. The second kappa shape index (κ2) is 11.9. The van der Waals surface area contributed by atoms with E-state index < -0.39 is 10.9 Å². The maximum absolute atomic E-state index is 11.0. The minimum atomic E-state index is -0.827. The Kier molecular flexibility index (Phi) is 9.48. The molecule has 0 spiro atoms. The van der Waals surface area contributed by atoms with Gasteiger partial charge in [0.25, 0.3) is 5.69 Å². The summed E-state index contributed by atoms with van der Waals surface area (Å²) in [4.78, 5) is 43.6. The number of benzene rings is 1. The lowest BCUT2D eigenvalue weighted by molar-refractivity contribution is -0.383. The number of anilines is 1. The third-order valence-corrected chi connectivity index (χ3v) is 3.58. The van der Waals surface area contributed by atoms with Crippen molar-refractivity contribution in [3.8, 4) is 0 Å². The van der Waals surface area contributed by atoms with Gasteiger partial charge < -0.3 is 10.4 Å². The number of imide groups is 1. The van der Waals surface area contributed by atoms with Gasteiger partial charge in [-0.05, 0) is 24.4 Å². The summed E-state index contributed by atoms with van der Waals surface area (Å²) in [6, 6.07) is 4.17. The van der Waals surface area contributed by atoms with Crippen molar-refractivity contribution in [1.82, 2.24) is 5.32 Å². The molecule has 1 heterocycles. The van der Waals surface area contributed by atoms with Crippen molar-refractivity contribution in [3.05, 3.63) is 38.8 Å². The number of unbranched alkanes of at least 4 members (excludes halogenated alkanes) is 2. The second-order valence-electron chi connectivity index (χ2n) is 5.75. The fourth-order valence-electron chi connectivity index (χ4n) is 2.24. The minimum absolute atomic E-state index is 0.126. The quantitative estimate of drug-likeness (QED) is 0.109. The van der Waals surface area contributed by atoms with Crippen LogP contribution in [0.2, 0.25) is 0 Å². The summed E-state index contributed by atoms with van der Waals surface area (Å²) in [6.07, 6.45) is 2.89. The number of amides is 2. The third-order valence-electron chi connectivity index (χ3n) is 3.58. The highest BCUT2D eigenvalue weighted by atomic mass is 16.6. The zero-order valence-corrected chi connectivity index (χ0v) is 15.0. The molecule has 0 aliphatic carbocycles. The zero-order chi connectivity index (χ0) is 20.9. The molecule has 1 aromatic carbocycles. The molecule has 2 amide bonds. The Morgan fingerprint density at radius 3 is 2.46 bits per heavy atom. The number of nitro benzene ring substituents is 1. The van der Waals surface area contributed by atoms with E-state index in [0.29, 0.717) is 37.9 Å². The minimum Gasteiger partial charge on any atom is -0.481 e. The van der Waals surface area contributed by atoms with E-state index in [1.807, 2.05) is 0 Å². The molecule has 0 bridgehead atoms. The van der Waals surface area contributed by atoms with Crippen molar-refractivity contribution in [2.24, 2.45) is 5.11 Å². The van der Waals surface area contributed by atoms with E-state index in [1.165, 1.54) is 18.2 Å². The Morgan fingerprint density at radius 2 is 1.96 bits per heavy atom. The van der Waals surface area contributed by atoms with Gasteiger partial charge in [-0.2, -0.15) is 0 Å². The molecule has 0 unspecified atom stereocenters. The number of aliphatic carboxylic acids is 1. The van der Waals surface area contributed by atoms with E-state index in [4.69, 9.17) is 10.6 Å². The predicted octanol–water partition coefficient (Wildman–Crippen LogP) is 3.02. The summed E-state index contributed by atoms with van der Waals surface area (Å²) < 4.78 is 0. The summed E-state index contributed by atoms with van der Waals surface area (Å²) in [5.41, 5.74) is 8.67. The lowest BCUT2D eigenvalue weighted by Crippen LogP contribution is -2.18. The van der Waals surface area contributed by atoms with Crippen molar-refractivity contribution in [2.45, 2.75) is 38.5 Å². The molecular formula is C16H20N6O6. The highest BCUT2D eigenvalue weighted by Gasteiger charge is 2.16. The number of carboxylic acid groups (broad SMARTS) is 1. The summed E-state index contributed by atoms with van der Waals surface area (Å²) in [7, 11) is 0. The van der Waals surface area contributed by atoms with Crippen LogP contribution in [-0.2, 0) is 14.4 Å². The molecular weight excluding hydrogens is 372 g/mol. The molecule has 3 N–H and O–H groups in total. The van der Waals surface area contributed by atoms with E-state index in [-0.39, 0.29) is 29.6 Å². The van der Waals surface area contributed by atoms with Crippen molar-refractivity contribution in [1.29, 1.82) is 0 Å². The van der Waals surface area contributed by atoms with Gasteiger partial charge >= 0.3 is 5.97 Å². The maximum atomic E-state index is 11.0. The van der Waals surface area contributed by atoms with Crippen molar-refractivity contribution >= 4 is 34.8 Å². The van der Waals surface area contributed by atoms with Crippen LogP contribution in [0.4, 0.5) is 17.1 Å². The first-order valence-electron chi connectivity index (χ1n) is 8.45. The van der Waals surface area contributed by atoms with Crippen LogP contribution in [0.5, 0.6) is 0 Å². The molecule has 12 heteroatoms. The highest BCUT2D eigenvalue weighted by Crippen LogP contribution is 2.29. The Morgan fingerprint density at radius 1 is 1.29 bits per heavy atom. The van der Waals surface area contributed by atoms with Crippen molar-refractivity contribution in [2.75, 3.05) is 11.9 Å². The number of azide groups is 1. The van der Waals surface area contributed by atoms with Crippen LogP contribution in [0.25, 0.3) is 10.4 Å². The topological polar surface area (TPSA) is 187 Å². The average Bonchev–Trinajstić information content (AvgIpc) is 3.02. The number of carbonyl (C=O) groups excluding carboxylic acids is 2. The number of rotatable bonds is 9. The molecule has 28 heavy (non-hydrogen) atoms. The number of nitro groups is 1. The second-order valence-corrected chi connectivity index (χ2v) is 5.75. The van der Waals surface area contributed by atoms with Gasteiger partial charge in [-0.1, -0.05) is 17.6 Å². The van der Waals surface area contributed by atoms with Crippen molar-refractivity contribution < 1.29 is 24.4 Å². The molecule has 0 saturated carbocycles. The van der Waals surface area contributed by atoms with Gasteiger partial charge in [-0.15, -0.1) is 0 Å². The van der Waals surface area contributed by atoms with Crippen molar-refractivity contribution in [3.63, 3.8) is 0 Å². The lowest BCUT2D eigenvalue weighted by Gasteiger charge is -2.07. The van der Waals surface area contributed by atoms with Crippen LogP contribution in [0.15, 0.2) is 23.3 Å². The fourth-order valence-corrected chi connectivity index (χ4v) is 2.24. The monoisotopic (exact) mass is 392 g/mol. The molecule has 1 saturated heterocycles. The standard InChI is InChI=1S/C12H15N5O4.C4H5NO2/c13-16-15-9-5-6-10(11(8-9)17(20)21)14-7-3-1-2-4-12(18)19;6-3-1-2-4(7)5-3/h5-6,8,14H,1-4,7H2,(H,18,19);1-2H2,(H,5,6,7). The maximum Gasteiger partial charge on any atom is 0.303 e. The molecule has 1 aromatic rings. The smallest absolute Gasteiger partial charge is 0.303 e. The van der Waals surface area contributed by atoms with Gasteiger partial charge in [0.15, 0.2) is 0 Å². The number of nitrogens with one attached hydrogen (secondary N) is 2. The summed E-state index contributed by atoms with van der Waals surface area (Å²) in [5.74, 6) is -1.12. The molecule has 1 fully saturated rings. The van der Waals surface area contributed by atoms with Gasteiger partial charge in [-0.25, -0.2) is 0 Å². The predicted molar refractivity (Wildman–Crippen MR) is 98.9 cm³/mol. The van der Waals surface area contributed by atoms with Crippen LogP contribution < -0.4 is 10.6 Å². The van der Waals surface area contributed by atoms with Gasteiger partial charge in [-0.3, -0.25) is 29.8 Å². The number of carbonyl (C=O) groups is 3. The number of nitrogens with zero attached hydrogens (tertiary/aromatic N) is 4. The first-order valence-corrected chi connectivity index (χ1v) is 8.45. The molecule has 150 valence electrons. The SMILES string of the molecule is O=C1CCC(=O)N1.[N-]=[N+]=Nc1ccc(NCCCCCC(=O)O)c([N+](=O)[O-])c1. The van der Waals surface area contributed by atoms with E-state index in [9.17, 15) is 24.5 Å². The van der Waals surface area contributed by atoms with Gasteiger partial charge in [0.1, 0.15) is 5.69 Å². The Hall–Kier alpha value is -3.66. The van der Waals surface area contributed by atoms with E-state index in [1.54, 1.807) is 0 Å². The molecule has 0 radical (unpaired) electrons.